The Morgan fingerprint density at radius 2 is 1.78 bits per heavy atom. The monoisotopic (exact) mass is 488 g/mol. The fourth-order valence-corrected chi connectivity index (χ4v) is 6.29. The van der Waals surface area contributed by atoms with E-state index in [-0.39, 0.29) is 36.7 Å². The summed E-state index contributed by atoms with van der Waals surface area (Å²) >= 11 is 12.2. The van der Waals surface area contributed by atoms with Crippen LogP contribution in [0.15, 0.2) is 64.6 Å². The van der Waals surface area contributed by atoms with Crippen molar-refractivity contribution >= 4 is 55.9 Å². The molecule has 5 rings (SSSR count). The zero-order valence-electron chi connectivity index (χ0n) is 16.8. The number of carbonyl (C=O) groups excluding carboxylic acids is 1. The molecule has 1 saturated heterocycles. The molecule has 0 unspecified atom stereocenters. The Kier molecular flexibility index (Phi) is 5.21. The van der Waals surface area contributed by atoms with Gasteiger partial charge in [-0.05, 0) is 43.2 Å². The van der Waals surface area contributed by atoms with Crippen molar-refractivity contribution in [2.75, 3.05) is 13.1 Å². The number of amides is 1. The molecule has 2 aliphatic heterocycles. The molecule has 0 atom stereocenters. The van der Waals surface area contributed by atoms with Crippen molar-refractivity contribution in [3.8, 4) is 0 Å². The SMILES string of the molecule is O=C1NC(c2ccc(Cl)cc2Cl)=NC12CCN(S(=O)(=O)c1cccc3cccnc13)CC2. The maximum absolute atomic E-state index is 13.4. The second-order valence-electron chi connectivity index (χ2n) is 7.81. The Balaban J connectivity index is 1.42. The average Bonchev–Trinajstić information content (AvgIpc) is 3.08. The summed E-state index contributed by atoms with van der Waals surface area (Å²) in [5.74, 6) is 0.133. The predicted octanol–water partition coefficient (Wildman–Crippen LogP) is 3.64. The molecule has 7 nitrogen and oxygen atoms in total. The molecule has 1 fully saturated rings. The van der Waals surface area contributed by atoms with Crippen LogP contribution in [0, 0.1) is 0 Å². The number of nitrogens with zero attached hydrogens (tertiary/aromatic N) is 3. The molecule has 32 heavy (non-hydrogen) atoms. The zero-order chi connectivity index (χ0) is 22.5. The first-order valence-electron chi connectivity index (χ1n) is 10.0. The Morgan fingerprint density at radius 1 is 1.03 bits per heavy atom. The summed E-state index contributed by atoms with van der Waals surface area (Å²) in [6, 6.07) is 13.7. The first-order valence-corrected chi connectivity index (χ1v) is 12.2. The molecular formula is C22H18Cl2N4O3S. The molecule has 3 heterocycles. The van der Waals surface area contributed by atoms with Crippen LogP contribution < -0.4 is 5.32 Å². The Bertz CT molecular complexity index is 1380. The molecule has 0 bridgehead atoms. The van der Waals surface area contributed by atoms with E-state index >= 15 is 0 Å². The van der Waals surface area contributed by atoms with Gasteiger partial charge in [0.25, 0.3) is 5.91 Å². The third-order valence-corrected chi connectivity index (χ3v) is 8.41. The van der Waals surface area contributed by atoms with Crippen LogP contribution in [0.4, 0.5) is 0 Å². The molecule has 1 N–H and O–H groups in total. The number of amidine groups is 1. The maximum Gasteiger partial charge on any atom is 0.253 e. The first kappa shape index (κ1) is 21.3. The normalized spacial score (nSPS) is 18.7. The van der Waals surface area contributed by atoms with Crippen molar-refractivity contribution in [1.29, 1.82) is 0 Å². The topological polar surface area (TPSA) is 91.7 Å². The second kappa shape index (κ2) is 7.81. The molecule has 1 amide bonds. The standard InChI is InChI=1S/C22H18Cl2N4O3S/c23-15-6-7-16(17(24)13-15)20-26-21(29)22(27-20)8-11-28(12-9-22)32(30,31)18-5-1-3-14-4-2-10-25-19(14)18/h1-7,10,13H,8-9,11-12H2,(H,26,27,29). The molecule has 0 radical (unpaired) electrons. The number of aliphatic imine (C=N–C) groups is 1. The van der Waals surface area contributed by atoms with E-state index < -0.39 is 15.6 Å². The zero-order valence-corrected chi connectivity index (χ0v) is 19.1. The molecule has 0 aliphatic carbocycles. The van der Waals surface area contributed by atoms with Crippen molar-refractivity contribution in [3.63, 3.8) is 0 Å². The largest absolute Gasteiger partial charge is 0.308 e. The van der Waals surface area contributed by atoms with Crippen molar-refractivity contribution in [1.82, 2.24) is 14.6 Å². The van der Waals surface area contributed by atoms with E-state index in [9.17, 15) is 13.2 Å². The Morgan fingerprint density at radius 3 is 2.53 bits per heavy atom. The van der Waals surface area contributed by atoms with Crippen LogP contribution in [0.3, 0.4) is 0 Å². The highest BCUT2D eigenvalue weighted by atomic mass is 35.5. The second-order valence-corrected chi connectivity index (χ2v) is 10.6. The fraction of sp³-hybridized carbons (Fsp3) is 0.227. The van der Waals surface area contributed by atoms with Crippen LogP contribution in [0.25, 0.3) is 10.9 Å². The van der Waals surface area contributed by atoms with Gasteiger partial charge in [0.1, 0.15) is 16.3 Å². The van der Waals surface area contributed by atoms with Crippen molar-refractivity contribution < 1.29 is 13.2 Å². The van der Waals surface area contributed by atoms with Crippen LogP contribution in [0.2, 0.25) is 10.0 Å². The van der Waals surface area contributed by atoms with E-state index in [0.29, 0.717) is 27.0 Å². The van der Waals surface area contributed by atoms with Gasteiger partial charge in [-0.3, -0.25) is 14.8 Å². The molecule has 164 valence electrons. The number of fused-ring (bicyclic) bond motifs is 1. The summed E-state index contributed by atoms with van der Waals surface area (Å²) in [4.78, 5) is 21.9. The van der Waals surface area contributed by atoms with Crippen LogP contribution in [0.1, 0.15) is 18.4 Å². The Labute approximate surface area is 195 Å². The Hall–Kier alpha value is -2.52. The minimum Gasteiger partial charge on any atom is -0.308 e. The number of nitrogens with one attached hydrogen (secondary N) is 1. The summed E-state index contributed by atoms with van der Waals surface area (Å²) in [5, 5.41) is 4.43. The number of piperidine rings is 1. The van der Waals surface area contributed by atoms with Gasteiger partial charge in [-0.1, -0.05) is 41.4 Å². The lowest BCUT2D eigenvalue weighted by Crippen LogP contribution is -2.50. The lowest BCUT2D eigenvalue weighted by atomic mass is 9.89. The molecule has 2 aliphatic rings. The van der Waals surface area contributed by atoms with E-state index in [4.69, 9.17) is 23.2 Å². The summed E-state index contributed by atoms with van der Waals surface area (Å²) in [7, 11) is -3.77. The number of hydrogen-bond donors (Lipinski definition) is 1. The van der Waals surface area contributed by atoms with Gasteiger partial charge in [0, 0.05) is 35.3 Å². The number of aromatic nitrogens is 1. The number of carbonyl (C=O) groups is 1. The van der Waals surface area contributed by atoms with Crippen molar-refractivity contribution in [3.05, 3.63) is 70.3 Å². The van der Waals surface area contributed by atoms with Gasteiger partial charge in [0.15, 0.2) is 0 Å². The van der Waals surface area contributed by atoms with Gasteiger partial charge < -0.3 is 5.32 Å². The quantitative estimate of drug-likeness (QED) is 0.608. The van der Waals surface area contributed by atoms with E-state index in [1.54, 1.807) is 42.6 Å². The third-order valence-electron chi connectivity index (χ3n) is 5.93. The van der Waals surface area contributed by atoms with E-state index in [2.05, 4.69) is 15.3 Å². The van der Waals surface area contributed by atoms with Crippen molar-refractivity contribution in [2.24, 2.45) is 4.99 Å². The number of benzene rings is 2. The van der Waals surface area contributed by atoms with Crippen LogP contribution >= 0.6 is 23.2 Å². The molecule has 0 saturated carbocycles. The van der Waals surface area contributed by atoms with E-state index in [0.717, 1.165) is 5.39 Å². The number of halogens is 2. The third kappa shape index (κ3) is 3.47. The van der Waals surface area contributed by atoms with Gasteiger partial charge in [-0.25, -0.2) is 8.42 Å². The van der Waals surface area contributed by atoms with Crippen LogP contribution in [0.5, 0.6) is 0 Å². The summed E-state index contributed by atoms with van der Waals surface area (Å²) < 4.78 is 28.1. The van der Waals surface area contributed by atoms with E-state index in [1.807, 2.05) is 12.1 Å². The minimum atomic E-state index is -3.77. The molecule has 2 aromatic carbocycles. The van der Waals surface area contributed by atoms with Gasteiger partial charge >= 0.3 is 0 Å². The van der Waals surface area contributed by atoms with Crippen molar-refractivity contribution in [2.45, 2.75) is 23.3 Å². The van der Waals surface area contributed by atoms with Gasteiger partial charge in [-0.15, -0.1) is 0 Å². The minimum absolute atomic E-state index is 0.166. The number of hydrogen-bond acceptors (Lipinski definition) is 5. The lowest BCUT2D eigenvalue weighted by molar-refractivity contribution is -0.124. The molecule has 1 spiro atoms. The highest BCUT2D eigenvalue weighted by Crippen LogP contribution is 2.35. The van der Waals surface area contributed by atoms with Crippen LogP contribution in [-0.4, -0.2) is 48.1 Å². The number of rotatable bonds is 3. The fourth-order valence-electron chi connectivity index (χ4n) is 4.18. The smallest absolute Gasteiger partial charge is 0.253 e. The highest BCUT2D eigenvalue weighted by Gasteiger charge is 2.48. The average molecular weight is 489 g/mol. The van der Waals surface area contributed by atoms with Gasteiger partial charge in [0.05, 0.1) is 10.5 Å². The number of pyridine rings is 1. The molecule has 10 heteroatoms. The predicted molar refractivity (Wildman–Crippen MR) is 124 cm³/mol. The summed E-state index contributed by atoms with van der Waals surface area (Å²) in [6.45, 7) is 0.341. The summed E-state index contributed by atoms with van der Waals surface area (Å²) in [5.41, 5.74) is 0.00572. The number of para-hydroxylation sites is 1. The molecule has 3 aromatic rings. The molecule has 1 aromatic heterocycles. The first-order chi connectivity index (χ1) is 15.3. The van der Waals surface area contributed by atoms with Gasteiger partial charge in [0.2, 0.25) is 10.0 Å². The highest BCUT2D eigenvalue weighted by molar-refractivity contribution is 7.89. The summed E-state index contributed by atoms with van der Waals surface area (Å²) in [6.07, 6.45) is 2.11. The number of sulfonamides is 1. The van der Waals surface area contributed by atoms with E-state index in [1.165, 1.54) is 4.31 Å². The van der Waals surface area contributed by atoms with Gasteiger partial charge in [-0.2, -0.15) is 4.31 Å². The lowest BCUT2D eigenvalue weighted by Gasteiger charge is -2.34. The van der Waals surface area contributed by atoms with Crippen LogP contribution in [-0.2, 0) is 14.8 Å². The maximum atomic E-state index is 13.4. The molecular weight excluding hydrogens is 471 g/mol.